The van der Waals surface area contributed by atoms with E-state index in [1.54, 1.807) is 27.4 Å². The quantitative estimate of drug-likeness (QED) is 0.753. The highest BCUT2D eigenvalue weighted by Crippen LogP contribution is 2.56. The van der Waals surface area contributed by atoms with E-state index in [0.717, 1.165) is 35.0 Å². The fourth-order valence-corrected chi connectivity index (χ4v) is 5.66. The van der Waals surface area contributed by atoms with Gasteiger partial charge in [0.1, 0.15) is 0 Å². The second-order valence-corrected chi connectivity index (χ2v) is 7.85. The topological polar surface area (TPSA) is 48.0 Å². The second kappa shape index (κ2) is 6.13. The summed E-state index contributed by atoms with van der Waals surface area (Å²) < 4.78 is 17.5. The zero-order valence-electron chi connectivity index (χ0n) is 15.4. The number of ether oxygens (including phenoxy) is 3. The van der Waals surface area contributed by atoms with Crippen LogP contribution in [0.1, 0.15) is 17.5 Å². The molecule has 1 saturated heterocycles. The third kappa shape index (κ3) is 2.21. The van der Waals surface area contributed by atoms with E-state index >= 15 is 0 Å². The molecular weight excluding hydrogens is 398 g/mol. The SMILES string of the molecule is COC1=C[C@]23CCN(C)[C@H](Cc4cc(OC)c(OC)c(Br)c42)C3=CC1=O. The van der Waals surface area contributed by atoms with Crippen LogP contribution in [-0.2, 0) is 21.4 Å². The lowest BCUT2D eigenvalue weighted by atomic mass is 9.58. The molecule has 1 aromatic carbocycles. The van der Waals surface area contributed by atoms with E-state index in [4.69, 9.17) is 14.2 Å². The summed E-state index contributed by atoms with van der Waals surface area (Å²) >= 11 is 3.77. The van der Waals surface area contributed by atoms with E-state index in [9.17, 15) is 4.79 Å². The number of carbonyl (C=O) groups is 1. The number of hydrogen-bond donors (Lipinski definition) is 0. The number of likely N-dealkylation sites (tertiary alicyclic amines) is 1. The van der Waals surface area contributed by atoms with Crippen molar-refractivity contribution in [3.8, 4) is 11.5 Å². The number of methoxy groups -OCH3 is 3. The zero-order chi connectivity index (χ0) is 18.6. The Labute approximate surface area is 161 Å². The zero-order valence-corrected chi connectivity index (χ0v) is 17.0. The number of nitrogens with zero attached hydrogens (tertiary/aromatic N) is 1. The minimum atomic E-state index is -0.359. The van der Waals surface area contributed by atoms with Crippen LogP contribution in [0.4, 0.5) is 0 Å². The van der Waals surface area contributed by atoms with Crippen molar-refractivity contribution in [3.63, 3.8) is 0 Å². The van der Waals surface area contributed by atoms with Crippen LogP contribution in [0.5, 0.6) is 11.5 Å². The predicted molar refractivity (Wildman–Crippen MR) is 102 cm³/mol. The van der Waals surface area contributed by atoms with Crippen LogP contribution in [0.3, 0.4) is 0 Å². The Kier molecular flexibility index (Phi) is 4.15. The van der Waals surface area contributed by atoms with Crippen molar-refractivity contribution in [2.24, 2.45) is 0 Å². The molecule has 1 aromatic rings. The third-order valence-electron chi connectivity index (χ3n) is 5.94. The van der Waals surface area contributed by atoms with Gasteiger partial charge >= 0.3 is 0 Å². The molecule has 26 heavy (non-hydrogen) atoms. The maximum atomic E-state index is 12.5. The molecular formula is C20H22BrNO4. The van der Waals surface area contributed by atoms with Crippen LogP contribution in [0.15, 0.2) is 34.0 Å². The van der Waals surface area contributed by atoms with Gasteiger partial charge < -0.3 is 14.2 Å². The van der Waals surface area contributed by atoms with Crippen LogP contribution < -0.4 is 9.47 Å². The van der Waals surface area contributed by atoms with Gasteiger partial charge in [-0.15, -0.1) is 0 Å². The summed E-state index contributed by atoms with van der Waals surface area (Å²) in [6.45, 7) is 0.948. The molecule has 2 aliphatic carbocycles. The molecule has 2 bridgehead atoms. The van der Waals surface area contributed by atoms with E-state index in [1.165, 1.54) is 5.56 Å². The van der Waals surface area contributed by atoms with Crippen molar-refractivity contribution in [2.45, 2.75) is 24.3 Å². The molecule has 1 heterocycles. The van der Waals surface area contributed by atoms with Crippen molar-refractivity contribution < 1.29 is 19.0 Å². The van der Waals surface area contributed by atoms with Crippen LogP contribution in [-0.4, -0.2) is 51.6 Å². The lowest BCUT2D eigenvalue weighted by Crippen LogP contribution is -2.54. The maximum Gasteiger partial charge on any atom is 0.220 e. The van der Waals surface area contributed by atoms with Gasteiger partial charge in [-0.1, -0.05) is 0 Å². The summed E-state index contributed by atoms with van der Waals surface area (Å²) in [6.07, 6.45) is 5.51. The number of ketones is 1. The van der Waals surface area contributed by atoms with Crippen LogP contribution in [0.2, 0.25) is 0 Å². The number of halogens is 1. The summed E-state index contributed by atoms with van der Waals surface area (Å²) in [5.74, 6) is 1.75. The van der Waals surface area contributed by atoms with Gasteiger partial charge in [0.25, 0.3) is 0 Å². The highest BCUT2D eigenvalue weighted by atomic mass is 79.9. The first-order valence-electron chi connectivity index (χ1n) is 8.64. The highest BCUT2D eigenvalue weighted by molar-refractivity contribution is 9.10. The molecule has 0 amide bonds. The molecule has 0 spiro atoms. The Morgan fingerprint density at radius 1 is 1.23 bits per heavy atom. The number of allylic oxidation sites excluding steroid dienone is 2. The normalized spacial score (nSPS) is 27.1. The Hall–Kier alpha value is -1.79. The molecule has 0 unspecified atom stereocenters. The number of rotatable bonds is 3. The number of likely N-dealkylation sites (N-methyl/N-ethyl adjacent to an activating group) is 1. The summed E-state index contributed by atoms with van der Waals surface area (Å²) in [5.41, 5.74) is 3.16. The number of fused-ring (bicyclic) bond motifs is 1. The highest BCUT2D eigenvalue weighted by Gasteiger charge is 2.52. The fraction of sp³-hybridized carbons (Fsp3) is 0.450. The first-order valence-corrected chi connectivity index (χ1v) is 9.43. The molecule has 4 rings (SSSR count). The van der Waals surface area contributed by atoms with Crippen molar-refractivity contribution >= 4 is 21.7 Å². The van der Waals surface area contributed by atoms with Gasteiger partial charge in [-0.2, -0.15) is 0 Å². The Morgan fingerprint density at radius 3 is 2.65 bits per heavy atom. The molecule has 0 N–H and O–H groups in total. The van der Waals surface area contributed by atoms with E-state index in [-0.39, 0.29) is 17.2 Å². The summed E-state index contributed by atoms with van der Waals surface area (Å²) in [7, 11) is 6.97. The molecule has 0 radical (unpaired) electrons. The van der Waals surface area contributed by atoms with E-state index in [0.29, 0.717) is 17.3 Å². The van der Waals surface area contributed by atoms with Crippen molar-refractivity contribution in [3.05, 3.63) is 45.2 Å². The van der Waals surface area contributed by atoms with Gasteiger partial charge in [0.05, 0.1) is 25.8 Å². The molecule has 3 aliphatic rings. The molecule has 6 heteroatoms. The first kappa shape index (κ1) is 17.6. The smallest absolute Gasteiger partial charge is 0.220 e. The monoisotopic (exact) mass is 419 g/mol. The van der Waals surface area contributed by atoms with Gasteiger partial charge in [-0.05, 0) is 77.3 Å². The maximum absolute atomic E-state index is 12.5. The third-order valence-corrected chi connectivity index (χ3v) is 6.70. The summed E-state index contributed by atoms with van der Waals surface area (Å²) in [6, 6.07) is 2.26. The number of hydrogen-bond acceptors (Lipinski definition) is 5. The molecule has 5 nitrogen and oxygen atoms in total. The minimum absolute atomic E-state index is 0.0570. The molecule has 1 aliphatic heterocycles. The Balaban J connectivity index is 2.05. The molecule has 0 saturated carbocycles. The molecule has 2 atom stereocenters. The standard InChI is InChI=1S/C20H22BrNO4/c1-22-6-5-20-10-16(25-3)14(23)9-12(20)13(22)7-11-8-15(24-2)19(26-4)18(21)17(11)20/h8-10,13H,5-7H2,1-4H3/t13-,20+/m1/s1. The van der Waals surface area contributed by atoms with Crippen LogP contribution in [0, 0.1) is 0 Å². The van der Waals surface area contributed by atoms with Crippen molar-refractivity contribution in [2.75, 3.05) is 34.9 Å². The van der Waals surface area contributed by atoms with Crippen LogP contribution >= 0.6 is 15.9 Å². The minimum Gasteiger partial charge on any atom is -0.493 e. The summed E-state index contributed by atoms with van der Waals surface area (Å²) in [4.78, 5) is 14.8. The van der Waals surface area contributed by atoms with E-state index in [2.05, 4.69) is 33.9 Å². The summed E-state index contributed by atoms with van der Waals surface area (Å²) in [5, 5.41) is 0. The number of piperidine rings is 1. The van der Waals surface area contributed by atoms with Crippen LogP contribution in [0.25, 0.3) is 0 Å². The largest absolute Gasteiger partial charge is 0.493 e. The first-order chi connectivity index (χ1) is 12.5. The molecule has 0 aromatic heterocycles. The van der Waals surface area contributed by atoms with Gasteiger partial charge in [0.2, 0.25) is 5.78 Å². The lowest BCUT2D eigenvalue weighted by molar-refractivity contribution is -0.114. The Morgan fingerprint density at radius 2 is 2.00 bits per heavy atom. The average molecular weight is 420 g/mol. The van der Waals surface area contributed by atoms with Crippen molar-refractivity contribution in [1.29, 1.82) is 0 Å². The lowest BCUT2D eigenvalue weighted by Gasteiger charge is -2.52. The Bertz CT molecular complexity index is 860. The van der Waals surface area contributed by atoms with E-state index in [1.807, 2.05) is 6.08 Å². The van der Waals surface area contributed by atoms with Gasteiger partial charge in [-0.25, -0.2) is 0 Å². The average Bonchev–Trinajstić information content (AvgIpc) is 2.63. The van der Waals surface area contributed by atoms with Crippen molar-refractivity contribution in [1.82, 2.24) is 4.90 Å². The molecule has 1 fully saturated rings. The second-order valence-electron chi connectivity index (χ2n) is 7.06. The van der Waals surface area contributed by atoms with Gasteiger partial charge in [0.15, 0.2) is 17.3 Å². The number of carbonyl (C=O) groups excluding carboxylic acids is 1. The van der Waals surface area contributed by atoms with Gasteiger partial charge in [-0.3, -0.25) is 9.69 Å². The molecule has 138 valence electrons. The number of benzene rings is 1. The van der Waals surface area contributed by atoms with Gasteiger partial charge in [0, 0.05) is 11.5 Å². The van der Waals surface area contributed by atoms with E-state index < -0.39 is 0 Å². The predicted octanol–water partition coefficient (Wildman–Crippen LogP) is 3.00. The fourth-order valence-electron chi connectivity index (χ4n) is 4.69.